The molecule has 1 aromatic heterocycles. The molecule has 104 valence electrons. The Morgan fingerprint density at radius 1 is 1.20 bits per heavy atom. The summed E-state index contributed by atoms with van der Waals surface area (Å²) in [6.07, 6.45) is 1.94. The molecule has 0 unspecified atom stereocenters. The fourth-order valence-corrected chi connectivity index (χ4v) is 1.96. The van der Waals surface area contributed by atoms with E-state index in [1.807, 2.05) is 60.5 Å². The quantitative estimate of drug-likeness (QED) is 0.877. The number of carboxylic acids is 1. The Labute approximate surface area is 118 Å². The number of carbonyl (C=O) groups is 1. The van der Waals surface area contributed by atoms with E-state index in [1.165, 1.54) is 0 Å². The Morgan fingerprint density at radius 3 is 2.55 bits per heavy atom. The second-order valence-corrected chi connectivity index (χ2v) is 4.73. The lowest BCUT2D eigenvalue weighted by atomic mass is 10.2. The van der Waals surface area contributed by atoms with Crippen LogP contribution in [0.5, 0.6) is 0 Å². The molecule has 0 aliphatic heterocycles. The molecule has 0 aliphatic carbocycles. The highest BCUT2D eigenvalue weighted by Crippen LogP contribution is 2.16. The Kier molecular flexibility index (Phi) is 4.71. The number of aromatic nitrogens is 1. The standard InChI is InChI=1S/C16H18N2O2/c1-13-7-8-14(17-11-13)12-18(10-9-16(19)20)15-5-3-2-4-6-15/h2-8,11H,9-10,12H2,1H3,(H,19,20). The normalized spacial score (nSPS) is 10.2. The highest BCUT2D eigenvalue weighted by atomic mass is 16.4. The number of pyridine rings is 1. The fourth-order valence-electron chi connectivity index (χ4n) is 1.96. The zero-order valence-corrected chi connectivity index (χ0v) is 11.5. The van der Waals surface area contributed by atoms with E-state index in [9.17, 15) is 4.79 Å². The maximum Gasteiger partial charge on any atom is 0.305 e. The molecule has 0 radical (unpaired) electrons. The van der Waals surface area contributed by atoms with Gasteiger partial charge in [0.15, 0.2) is 0 Å². The first-order chi connectivity index (χ1) is 9.65. The summed E-state index contributed by atoms with van der Waals surface area (Å²) in [5.74, 6) is -0.789. The van der Waals surface area contributed by atoms with Gasteiger partial charge in [-0.1, -0.05) is 24.3 Å². The topological polar surface area (TPSA) is 53.4 Å². The molecule has 0 saturated heterocycles. The Balaban J connectivity index is 2.13. The highest BCUT2D eigenvalue weighted by Gasteiger charge is 2.09. The van der Waals surface area contributed by atoms with Crippen LogP contribution in [0.15, 0.2) is 48.7 Å². The van der Waals surface area contributed by atoms with E-state index >= 15 is 0 Å². The molecule has 0 saturated carbocycles. The SMILES string of the molecule is Cc1ccc(CN(CCC(=O)O)c2ccccc2)nc1. The van der Waals surface area contributed by atoms with Crippen LogP contribution in [0.25, 0.3) is 0 Å². The Bertz CT molecular complexity index is 552. The smallest absolute Gasteiger partial charge is 0.305 e. The van der Waals surface area contributed by atoms with Crippen LogP contribution in [0, 0.1) is 6.92 Å². The van der Waals surface area contributed by atoms with Gasteiger partial charge in [-0.2, -0.15) is 0 Å². The van der Waals surface area contributed by atoms with Gasteiger partial charge in [-0.25, -0.2) is 0 Å². The van der Waals surface area contributed by atoms with Crippen LogP contribution in [-0.4, -0.2) is 22.6 Å². The van der Waals surface area contributed by atoms with E-state index in [2.05, 4.69) is 4.98 Å². The minimum absolute atomic E-state index is 0.112. The van der Waals surface area contributed by atoms with Gasteiger partial charge in [0.25, 0.3) is 0 Å². The fraction of sp³-hybridized carbons (Fsp3) is 0.250. The summed E-state index contributed by atoms with van der Waals surface area (Å²) in [6.45, 7) is 3.07. The zero-order chi connectivity index (χ0) is 14.4. The van der Waals surface area contributed by atoms with Gasteiger partial charge in [0.1, 0.15) is 0 Å². The molecule has 0 fully saturated rings. The van der Waals surface area contributed by atoms with Crippen LogP contribution < -0.4 is 4.90 Å². The number of rotatable bonds is 6. The van der Waals surface area contributed by atoms with Crippen molar-refractivity contribution in [2.24, 2.45) is 0 Å². The van der Waals surface area contributed by atoms with E-state index in [1.54, 1.807) is 0 Å². The number of aliphatic carboxylic acids is 1. The van der Waals surface area contributed by atoms with Gasteiger partial charge in [0.05, 0.1) is 18.7 Å². The molecular weight excluding hydrogens is 252 g/mol. The minimum Gasteiger partial charge on any atom is -0.481 e. The second kappa shape index (κ2) is 6.70. The first-order valence-corrected chi connectivity index (χ1v) is 6.58. The summed E-state index contributed by atoms with van der Waals surface area (Å²) in [4.78, 5) is 17.2. The molecule has 1 N–H and O–H groups in total. The molecule has 4 heteroatoms. The number of hydrogen-bond donors (Lipinski definition) is 1. The lowest BCUT2D eigenvalue weighted by Crippen LogP contribution is -2.26. The van der Waals surface area contributed by atoms with Crippen LogP contribution >= 0.6 is 0 Å². The molecule has 2 aromatic rings. The molecule has 1 heterocycles. The molecule has 0 bridgehead atoms. The molecule has 0 atom stereocenters. The summed E-state index contributed by atoms with van der Waals surface area (Å²) in [5, 5.41) is 8.87. The summed E-state index contributed by atoms with van der Waals surface area (Å²) < 4.78 is 0. The second-order valence-electron chi connectivity index (χ2n) is 4.73. The van der Waals surface area contributed by atoms with Gasteiger partial charge in [0, 0.05) is 18.4 Å². The van der Waals surface area contributed by atoms with E-state index in [4.69, 9.17) is 5.11 Å². The number of benzene rings is 1. The molecule has 0 aliphatic rings. The lowest BCUT2D eigenvalue weighted by Gasteiger charge is -2.23. The minimum atomic E-state index is -0.789. The third kappa shape index (κ3) is 4.09. The van der Waals surface area contributed by atoms with E-state index < -0.39 is 5.97 Å². The maximum atomic E-state index is 10.8. The first kappa shape index (κ1) is 14.1. The molecule has 1 aromatic carbocycles. The lowest BCUT2D eigenvalue weighted by molar-refractivity contribution is -0.136. The average molecular weight is 270 g/mol. The van der Waals surface area contributed by atoms with Crippen LogP contribution in [-0.2, 0) is 11.3 Å². The highest BCUT2D eigenvalue weighted by molar-refractivity contribution is 5.67. The molecular formula is C16H18N2O2. The summed E-state index contributed by atoms with van der Waals surface area (Å²) in [6, 6.07) is 13.8. The number of carboxylic acid groups (broad SMARTS) is 1. The first-order valence-electron chi connectivity index (χ1n) is 6.58. The van der Waals surface area contributed by atoms with Crippen molar-refractivity contribution in [1.82, 2.24) is 4.98 Å². The van der Waals surface area contributed by atoms with Gasteiger partial charge < -0.3 is 10.0 Å². The van der Waals surface area contributed by atoms with Gasteiger partial charge in [-0.15, -0.1) is 0 Å². The van der Waals surface area contributed by atoms with Crippen molar-refractivity contribution in [2.45, 2.75) is 19.9 Å². The van der Waals surface area contributed by atoms with E-state index in [-0.39, 0.29) is 6.42 Å². The van der Waals surface area contributed by atoms with E-state index in [0.717, 1.165) is 16.9 Å². The number of nitrogens with zero attached hydrogens (tertiary/aromatic N) is 2. The van der Waals surface area contributed by atoms with Crippen LogP contribution in [0.4, 0.5) is 5.69 Å². The molecule has 0 spiro atoms. The summed E-state index contributed by atoms with van der Waals surface area (Å²) >= 11 is 0. The zero-order valence-electron chi connectivity index (χ0n) is 11.5. The predicted octanol–water partition coefficient (Wildman–Crippen LogP) is 2.87. The van der Waals surface area contributed by atoms with Crippen molar-refractivity contribution >= 4 is 11.7 Å². The van der Waals surface area contributed by atoms with Gasteiger partial charge in [0.2, 0.25) is 0 Å². The van der Waals surface area contributed by atoms with Crippen molar-refractivity contribution in [3.05, 3.63) is 59.9 Å². The van der Waals surface area contributed by atoms with Gasteiger partial charge >= 0.3 is 5.97 Å². The predicted molar refractivity (Wildman–Crippen MR) is 78.7 cm³/mol. The third-order valence-corrected chi connectivity index (χ3v) is 3.04. The van der Waals surface area contributed by atoms with E-state index in [0.29, 0.717) is 13.1 Å². The Hall–Kier alpha value is -2.36. The van der Waals surface area contributed by atoms with Crippen molar-refractivity contribution in [3.8, 4) is 0 Å². The van der Waals surface area contributed by atoms with Crippen LogP contribution in [0.1, 0.15) is 17.7 Å². The molecule has 4 nitrogen and oxygen atoms in total. The van der Waals surface area contributed by atoms with Gasteiger partial charge in [-0.05, 0) is 30.7 Å². The number of para-hydroxylation sites is 1. The summed E-state index contributed by atoms with van der Waals surface area (Å²) in [7, 11) is 0. The van der Waals surface area contributed by atoms with Crippen molar-refractivity contribution in [3.63, 3.8) is 0 Å². The largest absolute Gasteiger partial charge is 0.481 e. The third-order valence-electron chi connectivity index (χ3n) is 3.04. The van der Waals surface area contributed by atoms with Crippen molar-refractivity contribution in [1.29, 1.82) is 0 Å². The van der Waals surface area contributed by atoms with Crippen molar-refractivity contribution < 1.29 is 9.90 Å². The summed E-state index contributed by atoms with van der Waals surface area (Å²) in [5.41, 5.74) is 3.06. The number of aryl methyl sites for hydroxylation is 1. The monoisotopic (exact) mass is 270 g/mol. The molecule has 0 amide bonds. The van der Waals surface area contributed by atoms with Crippen molar-refractivity contribution in [2.75, 3.05) is 11.4 Å². The average Bonchev–Trinajstić information content (AvgIpc) is 2.46. The Morgan fingerprint density at radius 2 is 1.95 bits per heavy atom. The number of hydrogen-bond acceptors (Lipinski definition) is 3. The number of anilines is 1. The van der Waals surface area contributed by atoms with Crippen LogP contribution in [0.3, 0.4) is 0 Å². The van der Waals surface area contributed by atoms with Gasteiger partial charge in [-0.3, -0.25) is 9.78 Å². The maximum absolute atomic E-state index is 10.8. The molecule has 20 heavy (non-hydrogen) atoms. The molecule has 2 rings (SSSR count). The van der Waals surface area contributed by atoms with Crippen LogP contribution in [0.2, 0.25) is 0 Å².